The number of hydrogen-bond acceptors (Lipinski definition) is 4. The number of halogens is 6. The number of carbonyl (C=O) groups is 1. The first-order valence-electron chi connectivity index (χ1n) is 10.3. The molecule has 1 aliphatic rings. The van der Waals surface area contributed by atoms with Gasteiger partial charge in [0.25, 0.3) is 5.91 Å². The van der Waals surface area contributed by atoms with E-state index in [0.29, 0.717) is 0 Å². The van der Waals surface area contributed by atoms with E-state index in [-0.39, 0.29) is 45.5 Å². The molecule has 0 aliphatic carbocycles. The van der Waals surface area contributed by atoms with E-state index in [1.807, 2.05) is 0 Å². The van der Waals surface area contributed by atoms with E-state index < -0.39 is 46.5 Å². The number of carbonyl (C=O) groups excluding carboxylic acids is 1. The molecule has 1 amide bonds. The largest absolute Gasteiger partial charge is 0.493 e. The number of hydrogen-bond donors (Lipinski definition) is 0. The van der Waals surface area contributed by atoms with Gasteiger partial charge in [-0.3, -0.25) is 4.79 Å². The molecule has 0 radical (unpaired) electrons. The predicted octanol–water partition coefficient (Wildman–Crippen LogP) is 5.91. The predicted molar refractivity (Wildman–Crippen MR) is 119 cm³/mol. The second kappa shape index (κ2) is 9.76. The molecular weight excluding hydrogens is 490 g/mol. The van der Waals surface area contributed by atoms with Gasteiger partial charge in [0, 0.05) is 11.1 Å². The topological polar surface area (TPSA) is 51.1 Å². The van der Waals surface area contributed by atoms with Crippen molar-refractivity contribution in [1.29, 1.82) is 0 Å². The van der Waals surface area contributed by atoms with Crippen molar-refractivity contribution >= 4 is 23.4 Å². The van der Waals surface area contributed by atoms with E-state index in [2.05, 4.69) is 5.10 Å². The zero-order valence-corrected chi connectivity index (χ0v) is 18.7. The van der Waals surface area contributed by atoms with Gasteiger partial charge in [0.1, 0.15) is 18.1 Å². The molecule has 4 rings (SSSR count). The number of amides is 1. The normalized spacial score (nSPS) is 14.4. The van der Waals surface area contributed by atoms with Gasteiger partial charge in [0.15, 0.2) is 34.8 Å². The average Bonchev–Trinajstić information content (AvgIpc) is 3.14. The van der Waals surface area contributed by atoms with E-state index in [1.165, 1.54) is 44.4 Å². The Morgan fingerprint density at radius 3 is 2.17 bits per heavy atom. The smallest absolute Gasteiger partial charge is 0.280 e. The van der Waals surface area contributed by atoms with E-state index in [1.54, 1.807) is 18.2 Å². The van der Waals surface area contributed by atoms with Gasteiger partial charge < -0.3 is 9.47 Å². The number of anilines is 1. The van der Waals surface area contributed by atoms with Crippen molar-refractivity contribution in [3.8, 4) is 11.5 Å². The van der Waals surface area contributed by atoms with Gasteiger partial charge in [-0.25, -0.2) is 26.3 Å². The molecule has 1 aliphatic heterocycles. The maximum absolute atomic E-state index is 14.3. The van der Waals surface area contributed by atoms with Crippen LogP contribution in [0.4, 0.5) is 32.0 Å². The number of ether oxygens (including phenoxy) is 2. The highest BCUT2D eigenvalue weighted by Gasteiger charge is 2.37. The molecule has 0 N–H and O–H groups in total. The van der Waals surface area contributed by atoms with Crippen LogP contribution in [0, 0.1) is 34.9 Å². The molecule has 0 aromatic heterocycles. The Labute approximate surface area is 200 Å². The van der Waals surface area contributed by atoms with Crippen molar-refractivity contribution in [2.24, 2.45) is 5.10 Å². The van der Waals surface area contributed by atoms with Crippen molar-refractivity contribution in [2.75, 3.05) is 12.1 Å². The van der Waals surface area contributed by atoms with Gasteiger partial charge in [-0.1, -0.05) is 30.3 Å². The zero-order chi connectivity index (χ0) is 26.1. The minimum absolute atomic E-state index is 0.0631. The van der Waals surface area contributed by atoms with E-state index in [0.717, 1.165) is 0 Å². The maximum atomic E-state index is 14.3. The summed E-state index contributed by atoms with van der Waals surface area (Å²) in [6.45, 7) is 1.12. The van der Waals surface area contributed by atoms with Crippen molar-refractivity contribution < 1.29 is 40.6 Å². The molecule has 0 saturated heterocycles. The summed E-state index contributed by atoms with van der Waals surface area (Å²) >= 11 is 0. The van der Waals surface area contributed by atoms with Crippen LogP contribution in [0.2, 0.25) is 0 Å². The van der Waals surface area contributed by atoms with Crippen LogP contribution in [0.15, 0.2) is 53.1 Å². The molecule has 0 bridgehead atoms. The van der Waals surface area contributed by atoms with Crippen molar-refractivity contribution in [3.63, 3.8) is 0 Å². The zero-order valence-electron chi connectivity index (χ0n) is 18.7. The fourth-order valence-corrected chi connectivity index (χ4v) is 3.50. The molecule has 0 spiro atoms. The summed E-state index contributed by atoms with van der Waals surface area (Å²) in [6.07, 6.45) is 1.26. The van der Waals surface area contributed by atoms with Crippen molar-refractivity contribution in [1.82, 2.24) is 0 Å². The fourth-order valence-electron chi connectivity index (χ4n) is 3.50. The van der Waals surface area contributed by atoms with Crippen LogP contribution in [0.3, 0.4) is 0 Å². The maximum Gasteiger partial charge on any atom is 0.280 e. The summed E-state index contributed by atoms with van der Waals surface area (Å²) in [5, 5.41) is 3.81. The summed E-state index contributed by atoms with van der Waals surface area (Å²) < 4.78 is 94.5. The second-order valence-electron chi connectivity index (χ2n) is 7.54. The third-order valence-electron chi connectivity index (χ3n) is 5.32. The van der Waals surface area contributed by atoms with Crippen LogP contribution in [-0.4, -0.2) is 18.7 Å². The Morgan fingerprint density at radius 1 is 0.889 bits per heavy atom. The number of methoxy groups -OCH3 is 1. The first-order chi connectivity index (χ1) is 17.1. The Kier molecular flexibility index (Phi) is 6.73. The summed E-state index contributed by atoms with van der Waals surface area (Å²) in [4.78, 5) is 13.0. The van der Waals surface area contributed by atoms with Crippen LogP contribution in [0.25, 0.3) is 6.08 Å². The molecule has 0 saturated carbocycles. The second-order valence-corrected chi connectivity index (χ2v) is 7.54. The minimum atomic E-state index is -2.36. The number of rotatable bonds is 6. The lowest BCUT2D eigenvalue weighted by atomic mass is 10.1. The molecule has 1 heterocycles. The number of para-hydroxylation sites is 1. The first-order valence-corrected chi connectivity index (χ1v) is 10.3. The van der Waals surface area contributed by atoms with Gasteiger partial charge in [-0.05, 0) is 25.1 Å². The van der Waals surface area contributed by atoms with Crippen LogP contribution in [0.1, 0.15) is 18.1 Å². The molecule has 0 fully saturated rings. The van der Waals surface area contributed by atoms with E-state index >= 15 is 0 Å². The summed E-state index contributed by atoms with van der Waals surface area (Å²) in [5.74, 6) is -12.5. The van der Waals surface area contributed by atoms with Gasteiger partial charge in [-0.2, -0.15) is 10.1 Å². The van der Waals surface area contributed by atoms with Crippen LogP contribution >= 0.6 is 0 Å². The number of hydrazone groups is 1. The van der Waals surface area contributed by atoms with Crippen molar-refractivity contribution in [3.05, 3.63) is 94.1 Å². The first kappa shape index (κ1) is 24.8. The minimum Gasteiger partial charge on any atom is -0.493 e. The van der Waals surface area contributed by atoms with Crippen molar-refractivity contribution in [2.45, 2.75) is 13.5 Å². The van der Waals surface area contributed by atoms with Gasteiger partial charge in [-0.15, -0.1) is 0 Å². The molecule has 0 atom stereocenters. The summed E-state index contributed by atoms with van der Waals surface area (Å²) in [7, 11) is 1.36. The van der Waals surface area contributed by atoms with Crippen LogP contribution in [-0.2, 0) is 11.4 Å². The van der Waals surface area contributed by atoms with E-state index in [4.69, 9.17) is 9.47 Å². The highest BCUT2D eigenvalue weighted by atomic mass is 19.2. The molecule has 36 heavy (non-hydrogen) atoms. The summed E-state index contributed by atoms with van der Waals surface area (Å²) in [5.41, 5.74) is -1.27. The number of nitrogens with zero attached hydrogens (tertiary/aromatic N) is 2. The lowest BCUT2D eigenvalue weighted by molar-refractivity contribution is -0.114. The van der Waals surface area contributed by atoms with Crippen LogP contribution in [0.5, 0.6) is 11.5 Å². The molecule has 0 unspecified atom stereocenters. The fraction of sp³-hybridized carbons (Fsp3) is 0.120. The third-order valence-corrected chi connectivity index (χ3v) is 5.32. The van der Waals surface area contributed by atoms with Crippen LogP contribution < -0.4 is 14.5 Å². The Hall–Kier alpha value is -4.28. The Morgan fingerprint density at radius 2 is 1.53 bits per heavy atom. The quantitative estimate of drug-likeness (QED) is 0.181. The lowest BCUT2D eigenvalue weighted by Crippen LogP contribution is -2.25. The summed E-state index contributed by atoms with van der Waals surface area (Å²) in [6, 6.07) is 10.6. The number of benzene rings is 3. The van der Waals surface area contributed by atoms with Gasteiger partial charge in [0.2, 0.25) is 5.82 Å². The lowest BCUT2D eigenvalue weighted by Gasteiger charge is -2.16. The SMILES string of the molecule is COc1cccc(/C=C2\C(=O)N(c3c(F)c(F)c(F)c(F)c3F)N=C2C)c1OCc1ccccc1F. The highest BCUT2D eigenvalue weighted by Crippen LogP contribution is 2.37. The molecule has 3 aromatic carbocycles. The standard InChI is InChI=1S/C25H16F6N2O3/c1-12-15(25(34)33(32-12)23-21(30)19(28)18(27)20(29)22(23)31)10-13-7-5-9-17(35-2)24(13)36-11-14-6-3-4-8-16(14)26/h3-10H,11H2,1-2H3/b15-10-. The highest BCUT2D eigenvalue weighted by molar-refractivity contribution is 6.32. The van der Waals surface area contributed by atoms with E-state index in [9.17, 15) is 31.1 Å². The molecular formula is C25H16F6N2O3. The molecule has 5 nitrogen and oxygen atoms in total. The third kappa shape index (κ3) is 4.28. The van der Waals surface area contributed by atoms with Gasteiger partial charge >= 0.3 is 0 Å². The Bertz CT molecular complexity index is 1410. The van der Waals surface area contributed by atoms with Gasteiger partial charge in [0.05, 0.1) is 18.4 Å². The molecule has 11 heteroatoms. The molecule has 3 aromatic rings. The average molecular weight is 506 g/mol. The Balaban J connectivity index is 1.73. The molecule has 186 valence electrons. The monoisotopic (exact) mass is 506 g/mol.